The van der Waals surface area contributed by atoms with Gasteiger partial charge in [-0.1, -0.05) is 12.5 Å². The van der Waals surface area contributed by atoms with Gasteiger partial charge in [0.15, 0.2) is 0 Å². The molecular formula is C10H18N2O3. The van der Waals surface area contributed by atoms with Gasteiger partial charge in [0.25, 0.3) is 0 Å². The smallest absolute Gasteiger partial charge is 0.318 e. The number of aliphatic carboxylic acids is 1. The fourth-order valence-corrected chi connectivity index (χ4v) is 0.990. The van der Waals surface area contributed by atoms with Crippen LogP contribution in [0.5, 0.6) is 0 Å². The maximum atomic E-state index is 11.0. The lowest BCUT2D eigenvalue weighted by Gasteiger charge is -2.03. The first-order chi connectivity index (χ1) is 7.16. The van der Waals surface area contributed by atoms with E-state index in [1.165, 1.54) is 0 Å². The normalized spacial score (nSPS) is 10.2. The van der Waals surface area contributed by atoms with Gasteiger partial charge in [0.2, 0.25) is 0 Å². The van der Waals surface area contributed by atoms with Gasteiger partial charge in [-0.25, -0.2) is 4.79 Å². The molecule has 0 aliphatic rings. The van der Waals surface area contributed by atoms with Crippen molar-refractivity contribution in [3.8, 4) is 0 Å². The van der Waals surface area contributed by atoms with Gasteiger partial charge < -0.3 is 15.7 Å². The molecule has 5 heteroatoms. The zero-order chi connectivity index (χ0) is 11.5. The first-order valence-corrected chi connectivity index (χ1v) is 5.04. The summed E-state index contributed by atoms with van der Waals surface area (Å²) in [5.74, 6) is -0.770. The molecule has 0 fully saturated rings. The highest BCUT2D eigenvalue weighted by atomic mass is 16.4. The third-order valence-electron chi connectivity index (χ3n) is 1.73. The Bertz CT molecular complexity index is 227. The molecule has 0 bridgehead atoms. The third-order valence-corrected chi connectivity index (χ3v) is 1.73. The molecule has 0 spiro atoms. The number of urea groups is 1. The van der Waals surface area contributed by atoms with Crippen LogP contribution < -0.4 is 10.6 Å². The fraction of sp³-hybridized carbons (Fsp3) is 0.600. The number of hydrogen-bond acceptors (Lipinski definition) is 2. The Hall–Kier alpha value is -1.52. The molecule has 15 heavy (non-hydrogen) atoms. The average molecular weight is 214 g/mol. The largest absolute Gasteiger partial charge is 0.481 e. The number of carboxylic acid groups (broad SMARTS) is 1. The molecule has 0 heterocycles. The number of carboxylic acids is 1. The zero-order valence-corrected chi connectivity index (χ0v) is 8.95. The Balaban J connectivity index is 3.23. The molecule has 0 saturated carbocycles. The Morgan fingerprint density at radius 1 is 1.27 bits per heavy atom. The standard InChI is InChI=1S/C10H18N2O3/c1-2-7-11-10(15)12-8-5-3-4-6-9(13)14/h2,7H,3-6,8H2,1H3,(H,13,14)(H2,11,12,15)/b7-2+. The Morgan fingerprint density at radius 2 is 2.00 bits per heavy atom. The average Bonchev–Trinajstić information content (AvgIpc) is 2.19. The quantitative estimate of drug-likeness (QED) is 0.561. The third kappa shape index (κ3) is 10.4. The van der Waals surface area contributed by atoms with Crippen LogP contribution in [-0.2, 0) is 4.79 Å². The van der Waals surface area contributed by atoms with Crippen LogP contribution >= 0.6 is 0 Å². The van der Waals surface area contributed by atoms with Gasteiger partial charge in [-0.2, -0.15) is 0 Å². The second-order valence-corrected chi connectivity index (χ2v) is 3.10. The minimum Gasteiger partial charge on any atom is -0.481 e. The van der Waals surface area contributed by atoms with Crippen molar-refractivity contribution in [1.29, 1.82) is 0 Å². The van der Waals surface area contributed by atoms with Crippen LogP contribution in [0.25, 0.3) is 0 Å². The van der Waals surface area contributed by atoms with Crippen molar-refractivity contribution in [2.45, 2.75) is 32.6 Å². The van der Waals surface area contributed by atoms with Crippen molar-refractivity contribution in [3.05, 3.63) is 12.3 Å². The van der Waals surface area contributed by atoms with Crippen molar-refractivity contribution in [1.82, 2.24) is 10.6 Å². The zero-order valence-electron chi connectivity index (χ0n) is 8.95. The van der Waals surface area contributed by atoms with Crippen LogP contribution in [0.3, 0.4) is 0 Å². The summed E-state index contributed by atoms with van der Waals surface area (Å²) in [6.07, 6.45) is 5.76. The highest BCUT2D eigenvalue weighted by Crippen LogP contribution is 1.98. The number of nitrogens with one attached hydrogen (secondary N) is 2. The van der Waals surface area contributed by atoms with Gasteiger partial charge in [-0.15, -0.1) is 0 Å². The van der Waals surface area contributed by atoms with Crippen LogP contribution in [0, 0.1) is 0 Å². The summed E-state index contributed by atoms with van der Waals surface area (Å²) in [7, 11) is 0. The lowest BCUT2D eigenvalue weighted by molar-refractivity contribution is -0.137. The first-order valence-electron chi connectivity index (χ1n) is 5.04. The van der Waals surface area contributed by atoms with Crippen molar-refractivity contribution in [2.24, 2.45) is 0 Å². The molecule has 0 atom stereocenters. The molecular weight excluding hydrogens is 196 g/mol. The second kappa shape index (κ2) is 9.05. The molecule has 0 aromatic rings. The van der Waals surface area contributed by atoms with Crippen LogP contribution in [0.1, 0.15) is 32.6 Å². The van der Waals surface area contributed by atoms with Crippen LogP contribution in [0.15, 0.2) is 12.3 Å². The highest BCUT2D eigenvalue weighted by Gasteiger charge is 1.98. The molecule has 0 aromatic carbocycles. The lowest BCUT2D eigenvalue weighted by atomic mass is 10.2. The van der Waals surface area contributed by atoms with E-state index in [4.69, 9.17) is 5.11 Å². The monoisotopic (exact) mass is 214 g/mol. The molecule has 0 saturated heterocycles. The topological polar surface area (TPSA) is 78.4 Å². The number of unbranched alkanes of at least 4 members (excludes halogenated alkanes) is 2. The van der Waals surface area contributed by atoms with Gasteiger partial charge in [0, 0.05) is 19.2 Å². The maximum absolute atomic E-state index is 11.0. The van der Waals surface area contributed by atoms with E-state index in [1.54, 1.807) is 12.3 Å². The van der Waals surface area contributed by atoms with Gasteiger partial charge in [-0.05, 0) is 19.8 Å². The molecule has 2 amide bonds. The summed E-state index contributed by atoms with van der Waals surface area (Å²) >= 11 is 0. The summed E-state index contributed by atoms with van der Waals surface area (Å²) in [4.78, 5) is 21.1. The SMILES string of the molecule is C/C=C/NC(=O)NCCCCCC(=O)O. The minimum absolute atomic E-state index is 0.199. The fourth-order valence-electron chi connectivity index (χ4n) is 0.990. The molecule has 0 aromatic heterocycles. The van der Waals surface area contributed by atoms with Gasteiger partial charge >= 0.3 is 12.0 Å². The summed E-state index contributed by atoms with van der Waals surface area (Å²) in [6.45, 7) is 2.38. The van der Waals surface area contributed by atoms with E-state index in [-0.39, 0.29) is 12.5 Å². The van der Waals surface area contributed by atoms with Crippen molar-refractivity contribution in [3.63, 3.8) is 0 Å². The number of carbonyl (C=O) groups excluding carboxylic acids is 1. The predicted molar refractivity (Wildman–Crippen MR) is 57.5 cm³/mol. The van der Waals surface area contributed by atoms with Gasteiger partial charge in [-0.3, -0.25) is 4.79 Å². The van der Waals surface area contributed by atoms with Crippen molar-refractivity contribution in [2.75, 3.05) is 6.54 Å². The van der Waals surface area contributed by atoms with E-state index in [1.807, 2.05) is 6.92 Å². The molecule has 0 rings (SSSR count). The summed E-state index contributed by atoms with van der Waals surface area (Å²) in [6, 6.07) is -0.230. The summed E-state index contributed by atoms with van der Waals surface area (Å²) in [5.41, 5.74) is 0. The van der Waals surface area contributed by atoms with Gasteiger partial charge in [0.05, 0.1) is 0 Å². The number of hydrogen-bond donors (Lipinski definition) is 3. The molecule has 3 N–H and O–H groups in total. The lowest BCUT2D eigenvalue weighted by Crippen LogP contribution is -2.32. The molecule has 86 valence electrons. The summed E-state index contributed by atoms with van der Waals surface area (Å²) < 4.78 is 0. The van der Waals surface area contributed by atoms with Crippen molar-refractivity contribution < 1.29 is 14.7 Å². The highest BCUT2D eigenvalue weighted by molar-refractivity contribution is 5.74. The van der Waals surface area contributed by atoms with E-state index in [9.17, 15) is 9.59 Å². The molecule has 0 radical (unpaired) electrons. The van der Waals surface area contributed by atoms with Gasteiger partial charge in [0.1, 0.15) is 0 Å². The van der Waals surface area contributed by atoms with Crippen molar-refractivity contribution >= 4 is 12.0 Å². The molecule has 0 aliphatic heterocycles. The number of allylic oxidation sites excluding steroid dienone is 1. The van der Waals surface area contributed by atoms with Crippen LogP contribution in [-0.4, -0.2) is 23.7 Å². The maximum Gasteiger partial charge on any atom is 0.318 e. The van der Waals surface area contributed by atoms with E-state index in [2.05, 4.69) is 10.6 Å². The van der Waals surface area contributed by atoms with E-state index < -0.39 is 5.97 Å². The van der Waals surface area contributed by atoms with E-state index >= 15 is 0 Å². The number of amides is 2. The van der Waals surface area contributed by atoms with E-state index in [0.29, 0.717) is 13.0 Å². The molecule has 0 unspecified atom stereocenters. The van der Waals surface area contributed by atoms with Crippen LogP contribution in [0.4, 0.5) is 4.79 Å². The number of carbonyl (C=O) groups is 2. The molecule has 0 aliphatic carbocycles. The number of rotatable bonds is 7. The predicted octanol–water partition coefficient (Wildman–Crippen LogP) is 1.46. The summed E-state index contributed by atoms with van der Waals surface area (Å²) in [5, 5.41) is 13.5. The Morgan fingerprint density at radius 3 is 2.60 bits per heavy atom. The van der Waals surface area contributed by atoms with E-state index in [0.717, 1.165) is 12.8 Å². The Kier molecular flexibility index (Phi) is 8.13. The molecule has 5 nitrogen and oxygen atoms in total. The minimum atomic E-state index is -0.770. The second-order valence-electron chi connectivity index (χ2n) is 3.10. The Labute approximate surface area is 89.6 Å². The van der Waals surface area contributed by atoms with Crippen LogP contribution in [0.2, 0.25) is 0 Å². The first kappa shape index (κ1) is 13.5.